The first-order valence-corrected chi connectivity index (χ1v) is 8.49. The van der Waals surface area contributed by atoms with Crippen LogP contribution in [0, 0.1) is 18.3 Å². The summed E-state index contributed by atoms with van der Waals surface area (Å²) in [6.45, 7) is 1.64. The second-order valence-electron chi connectivity index (χ2n) is 5.40. The molecular weight excluding hydrogens is 391 g/mol. The molecule has 140 valence electrons. The number of hydrogen-bond acceptors (Lipinski definition) is 6. The molecule has 0 saturated heterocycles. The van der Waals surface area contributed by atoms with Gasteiger partial charge in [0.2, 0.25) is 5.88 Å². The van der Waals surface area contributed by atoms with Crippen LogP contribution in [0.5, 0.6) is 5.88 Å². The Morgan fingerprint density at radius 2 is 2.19 bits per heavy atom. The topological polar surface area (TPSA) is 96.6 Å². The SMILES string of the molecule is COCc1cc(C)nc(OCC(=O)NN=Cc2ccc(Cl)cc2Cl)c1C#N. The van der Waals surface area contributed by atoms with Crippen LogP contribution < -0.4 is 10.2 Å². The fourth-order valence-electron chi connectivity index (χ4n) is 2.15. The third-order valence-corrected chi connectivity index (χ3v) is 3.87. The summed E-state index contributed by atoms with van der Waals surface area (Å²) in [5, 5.41) is 14.0. The number of nitrogens with zero attached hydrogens (tertiary/aromatic N) is 3. The summed E-state index contributed by atoms with van der Waals surface area (Å²) in [6.07, 6.45) is 1.39. The first kappa shape index (κ1) is 20.6. The number of ether oxygens (including phenoxy) is 2. The normalized spacial score (nSPS) is 10.6. The van der Waals surface area contributed by atoms with E-state index in [1.54, 1.807) is 31.2 Å². The number of carbonyl (C=O) groups is 1. The molecular formula is C18H16Cl2N4O3. The maximum absolute atomic E-state index is 11.9. The first-order valence-electron chi connectivity index (χ1n) is 7.74. The van der Waals surface area contributed by atoms with E-state index in [1.807, 2.05) is 6.07 Å². The number of methoxy groups -OCH3 is 1. The fraction of sp³-hybridized carbons (Fsp3) is 0.222. The average molecular weight is 407 g/mol. The smallest absolute Gasteiger partial charge is 0.278 e. The number of nitrogens with one attached hydrogen (secondary N) is 1. The molecule has 0 aliphatic carbocycles. The molecule has 0 atom stereocenters. The Balaban J connectivity index is 1.99. The molecule has 1 aromatic heterocycles. The number of hydrogen-bond donors (Lipinski definition) is 1. The molecule has 2 rings (SSSR count). The van der Waals surface area contributed by atoms with Crippen molar-refractivity contribution in [2.24, 2.45) is 5.10 Å². The van der Waals surface area contributed by atoms with E-state index in [9.17, 15) is 10.1 Å². The van der Waals surface area contributed by atoms with Crippen LogP contribution in [0.25, 0.3) is 0 Å². The lowest BCUT2D eigenvalue weighted by atomic mass is 10.1. The predicted molar refractivity (Wildman–Crippen MR) is 102 cm³/mol. The molecule has 0 unspecified atom stereocenters. The Bertz CT molecular complexity index is 910. The molecule has 1 amide bonds. The molecule has 1 heterocycles. The van der Waals surface area contributed by atoms with Gasteiger partial charge in [0.05, 0.1) is 17.8 Å². The van der Waals surface area contributed by atoms with Gasteiger partial charge in [0.15, 0.2) is 6.61 Å². The number of benzene rings is 1. The number of pyridine rings is 1. The second-order valence-corrected chi connectivity index (χ2v) is 6.24. The molecule has 0 radical (unpaired) electrons. The highest BCUT2D eigenvalue weighted by Crippen LogP contribution is 2.21. The number of carbonyl (C=O) groups excluding carboxylic acids is 1. The van der Waals surface area contributed by atoms with E-state index in [0.29, 0.717) is 26.9 Å². The number of nitriles is 1. The van der Waals surface area contributed by atoms with Gasteiger partial charge in [0.25, 0.3) is 5.91 Å². The van der Waals surface area contributed by atoms with E-state index in [1.165, 1.54) is 13.3 Å². The van der Waals surface area contributed by atoms with Crippen molar-refractivity contribution < 1.29 is 14.3 Å². The minimum absolute atomic E-state index is 0.0735. The molecule has 9 heteroatoms. The minimum atomic E-state index is -0.517. The Labute approximate surface area is 166 Å². The third-order valence-electron chi connectivity index (χ3n) is 3.30. The van der Waals surface area contributed by atoms with Crippen LogP contribution in [0.3, 0.4) is 0 Å². The summed E-state index contributed by atoms with van der Waals surface area (Å²) in [5.41, 5.74) is 4.42. The lowest BCUT2D eigenvalue weighted by molar-refractivity contribution is -0.123. The zero-order chi connectivity index (χ0) is 19.8. The zero-order valence-electron chi connectivity index (χ0n) is 14.6. The molecule has 0 aliphatic heterocycles. The summed E-state index contributed by atoms with van der Waals surface area (Å²) in [6, 6.07) is 8.65. The largest absolute Gasteiger partial charge is 0.467 e. The van der Waals surface area contributed by atoms with Crippen molar-refractivity contribution in [1.29, 1.82) is 5.26 Å². The number of amides is 1. The van der Waals surface area contributed by atoms with Crippen molar-refractivity contribution in [3.63, 3.8) is 0 Å². The standard InChI is InChI=1S/C18H16Cl2N4O3/c1-11-5-13(9-26-2)15(7-21)18(23-11)27-10-17(25)24-22-8-12-3-4-14(19)6-16(12)20/h3-6,8H,9-10H2,1-2H3,(H,24,25). The lowest BCUT2D eigenvalue weighted by Gasteiger charge is -2.10. The van der Waals surface area contributed by atoms with Gasteiger partial charge in [-0.1, -0.05) is 29.3 Å². The van der Waals surface area contributed by atoms with E-state index in [0.717, 1.165) is 0 Å². The summed E-state index contributed by atoms with van der Waals surface area (Å²) in [7, 11) is 1.52. The maximum Gasteiger partial charge on any atom is 0.278 e. The van der Waals surface area contributed by atoms with E-state index in [2.05, 4.69) is 15.5 Å². The number of aromatic nitrogens is 1. The molecule has 0 spiro atoms. The van der Waals surface area contributed by atoms with Crippen LogP contribution in [0.1, 0.15) is 22.4 Å². The van der Waals surface area contributed by atoms with Crippen molar-refractivity contribution in [2.75, 3.05) is 13.7 Å². The van der Waals surface area contributed by atoms with Crippen molar-refractivity contribution in [2.45, 2.75) is 13.5 Å². The summed E-state index contributed by atoms with van der Waals surface area (Å²) in [5.74, 6) is -0.443. The van der Waals surface area contributed by atoms with Crippen LogP contribution in [0.2, 0.25) is 10.0 Å². The molecule has 0 aliphatic rings. The monoisotopic (exact) mass is 406 g/mol. The van der Waals surface area contributed by atoms with Crippen LogP contribution in [-0.2, 0) is 16.1 Å². The van der Waals surface area contributed by atoms with Gasteiger partial charge >= 0.3 is 0 Å². The van der Waals surface area contributed by atoms with Gasteiger partial charge in [0.1, 0.15) is 11.6 Å². The van der Waals surface area contributed by atoms with Crippen LogP contribution >= 0.6 is 23.2 Å². The molecule has 27 heavy (non-hydrogen) atoms. The molecule has 1 N–H and O–H groups in total. The van der Waals surface area contributed by atoms with Crippen molar-refractivity contribution in [3.05, 3.63) is 56.7 Å². The number of rotatable bonds is 7. The van der Waals surface area contributed by atoms with Crippen molar-refractivity contribution >= 4 is 35.3 Å². The molecule has 1 aromatic carbocycles. The highest BCUT2D eigenvalue weighted by atomic mass is 35.5. The summed E-state index contributed by atoms with van der Waals surface area (Å²) >= 11 is 11.8. The number of hydrazone groups is 1. The third kappa shape index (κ3) is 5.93. The van der Waals surface area contributed by atoms with Crippen LogP contribution in [-0.4, -0.2) is 30.8 Å². The second kappa shape index (κ2) is 9.88. The van der Waals surface area contributed by atoms with E-state index < -0.39 is 5.91 Å². The number of halogens is 2. The maximum atomic E-state index is 11.9. The van der Waals surface area contributed by atoms with E-state index >= 15 is 0 Å². The van der Waals surface area contributed by atoms with Crippen LogP contribution in [0.15, 0.2) is 29.4 Å². The fourth-order valence-corrected chi connectivity index (χ4v) is 2.61. The summed E-state index contributed by atoms with van der Waals surface area (Å²) in [4.78, 5) is 16.1. The molecule has 2 aromatic rings. The predicted octanol–water partition coefficient (Wildman–Crippen LogP) is 3.24. The first-order chi connectivity index (χ1) is 12.9. The molecule has 0 bridgehead atoms. The number of aryl methyl sites for hydroxylation is 1. The Morgan fingerprint density at radius 1 is 1.41 bits per heavy atom. The Kier molecular flexibility index (Phi) is 7.55. The highest BCUT2D eigenvalue weighted by Gasteiger charge is 2.14. The quantitative estimate of drug-likeness (QED) is 0.562. The van der Waals surface area contributed by atoms with Crippen molar-refractivity contribution in [1.82, 2.24) is 10.4 Å². The minimum Gasteiger partial charge on any atom is -0.467 e. The molecule has 0 saturated carbocycles. The van der Waals surface area contributed by atoms with Gasteiger partial charge in [-0.05, 0) is 25.1 Å². The average Bonchev–Trinajstić information content (AvgIpc) is 2.62. The molecule has 0 fully saturated rings. The van der Waals surface area contributed by atoms with Gasteiger partial charge in [-0.15, -0.1) is 0 Å². The van der Waals surface area contributed by atoms with Gasteiger partial charge in [-0.3, -0.25) is 4.79 Å². The zero-order valence-corrected chi connectivity index (χ0v) is 16.1. The van der Waals surface area contributed by atoms with Crippen LogP contribution in [0.4, 0.5) is 0 Å². The van der Waals surface area contributed by atoms with Crippen molar-refractivity contribution in [3.8, 4) is 11.9 Å². The Morgan fingerprint density at radius 3 is 2.85 bits per heavy atom. The van der Waals surface area contributed by atoms with Gasteiger partial charge < -0.3 is 9.47 Å². The van der Waals surface area contributed by atoms with Gasteiger partial charge in [-0.2, -0.15) is 10.4 Å². The lowest BCUT2D eigenvalue weighted by Crippen LogP contribution is -2.25. The van der Waals surface area contributed by atoms with Gasteiger partial charge in [0, 0.05) is 29.0 Å². The molecule has 7 nitrogen and oxygen atoms in total. The van der Waals surface area contributed by atoms with Gasteiger partial charge in [-0.25, -0.2) is 10.4 Å². The van der Waals surface area contributed by atoms with E-state index in [-0.39, 0.29) is 24.7 Å². The Hall–Kier alpha value is -2.66. The van der Waals surface area contributed by atoms with E-state index in [4.69, 9.17) is 32.7 Å². The summed E-state index contributed by atoms with van der Waals surface area (Å²) < 4.78 is 10.4. The highest BCUT2D eigenvalue weighted by molar-refractivity contribution is 6.36.